The van der Waals surface area contributed by atoms with Crippen LogP contribution < -0.4 is 10.1 Å². The van der Waals surface area contributed by atoms with Gasteiger partial charge in [-0.05, 0) is 55.7 Å². The summed E-state index contributed by atoms with van der Waals surface area (Å²) in [6, 6.07) is 13.5. The third kappa shape index (κ3) is 4.91. The number of rotatable bonds is 6. The third-order valence-corrected chi connectivity index (χ3v) is 7.51. The summed E-state index contributed by atoms with van der Waals surface area (Å²) in [5, 5.41) is 3.61. The third-order valence-electron chi connectivity index (χ3n) is 5.25. The Bertz CT molecular complexity index is 955. The Morgan fingerprint density at radius 3 is 2.34 bits per heavy atom. The molecule has 1 fully saturated rings. The standard InChI is InChI=1S/C21H25ClN2O4S/c1-15(19-5-3-4-6-20(19)22)23-21(25)16-11-13-24(14-12-16)29(26,27)18-9-7-17(28-2)8-10-18/h3-10,15-16H,11-14H2,1-2H3,(H,23,25)/t15-/m0/s1. The van der Waals surface area contributed by atoms with Gasteiger partial charge < -0.3 is 10.1 Å². The van der Waals surface area contributed by atoms with Crippen LogP contribution in [0.1, 0.15) is 31.4 Å². The van der Waals surface area contributed by atoms with Gasteiger partial charge in [0.1, 0.15) is 5.75 Å². The molecule has 2 aromatic carbocycles. The summed E-state index contributed by atoms with van der Waals surface area (Å²) >= 11 is 6.20. The first kappa shape index (κ1) is 21.6. The van der Waals surface area contributed by atoms with Crippen LogP contribution in [0.2, 0.25) is 5.02 Å². The predicted molar refractivity (Wildman–Crippen MR) is 112 cm³/mol. The minimum Gasteiger partial charge on any atom is -0.497 e. The molecule has 0 spiro atoms. The van der Waals surface area contributed by atoms with E-state index in [4.69, 9.17) is 16.3 Å². The molecule has 1 heterocycles. The van der Waals surface area contributed by atoms with Crippen LogP contribution in [0.5, 0.6) is 5.75 Å². The molecule has 156 valence electrons. The number of amides is 1. The maximum atomic E-state index is 12.8. The number of ether oxygens (including phenoxy) is 1. The van der Waals surface area contributed by atoms with Gasteiger partial charge in [0.15, 0.2) is 0 Å². The highest BCUT2D eigenvalue weighted by Gasteiger charge is 2.32. The Balaban J connectivity index is 1.59. The fraction of sp³-hybridized carbons (Fsp3) is 0.381. The van der Waals surface area contributed by atoms with Gasteiger partial charge >= 0.3 is 0 Å². The lowest BCUT2D eigenvalue weighted by Crippen LogP contribution is -2.43. The van der Waals surface area contributed by atoms with Crippen molar-refractivity contribution in [2.24, 2.45) is 5.92 Å². The second-order valence-corrected chi connectivity index (χ2v) is 9.45. The summed E-state index contributed by atoms with van der Waals surface area (Å²) < 4.78 is 32.2. The van der Waals surface area contributed by atoms with Gasteiger partial charge in [-0.3, -0.25) is 4.79 Å². The summed E-state index contributed by atoms with van der Waals surface area (Å²) in [7, 11) is -2.05. The lowest BCUT2D eigenvalue weighted by Gasteiger charge is -2.31. The molecule has 0 bridgehead atoms. The smallest absolute Gasteiger partial charge is 0.243 e. The Hall–Kier alpha value is -2.09. The van der Waals surface area contributed by atoms with Crippen molar-refractivity contribution >= 4 is 27.5 Å². The summed E-state index contributed by atoms with van der Waals surface area (Å²) in [6.45, 7) is 2.52. The van der Waals surface area contributed by atoms with Crippen LogP contribution in [-0.4, -0.2) is 38.8 Å². The lowest BCUT2D eigenvalue weighted by molar-refractivity contribution is -0.126. The van der Waals surface area contributed by atoms with Gasteiger partial charge in [0.2, 0.25) is 15.9 Å². The number of hydrogen-bond donors (Lipinski definition) is 1. The Kier molecular flexibility index (Phi) is 6.82. The quantitative estimate of drug-likeness (QED) is 0.750. The normalized spacial score (nSPS) is 16.9. The zero-order valence-corrected chi connectivity index (χ0v) is 18.0. The van der Waals surface area contributed by atoms with E-state index in [1.54, 1.807) is 18.2 Å². The van der Waals surface area contributed by atoms with Crippen molar-refractivity contribution in [1.29, 1.82) is 0 Å². The van der Waals surface area contributed by atoms with Crippen molar-refractivity contribution in [3.63, 3.8) is 0 Å². The number of carbonyl (C=O) groups is 1. The molecule has 1 amide bonds. The Morgan fingerprint density at radius 1 is 1.14 bits per heavy atom. The van der Waals surface area contributed by atoms with E-state index in [1.807, 2.05) is 25.1 Å². The number of carbonyl (C=O) groups excluding carboxylic acids is 1. The number of hydrogen-bond acceptors (Lipinski definition) is 4. The highest BCUT2D eigenvalue weighted by atomic mass is 35.5. The van der Waals surface area contributed by atoms with Crippen molar-refractivity contribution in [2.45, 2.75) is 30.7 Å². The molecule has 0 aromatic heterocycles. The molecule has 1 saturated heterocycles. The average molecular weight is 437 g/mol. The first-order chi connectivity index (χ1) is 13.8. The van der Waals surface area contributed by atoms with Gasteiger partial charge in [0, 0.05) is 24.0 Å². The fourth-order valence-corrected chi connectivity index (χ4v) is 5.26. The number of piperidine rings is 1. The zero-order chi connectivity index (χ0) is 21.0. The van der Waals surface area contributed by atoms with Gasteiger partial charge in [-0.2, -0.15) is 4.31 Å². The number of sulfonamides is 1. The Morgan fingerprint density at radius 2 is 1.76 bits per heavy atom. The number of methoxy groups -OCH3 is 1. The van der Waals surface area contributed by atoms with Gasteiger partial charge in [0.25, 0.3) is 0 Å². The molecule has 1 aliphatic rings. The molecule has 8 heteroatoms. The highest BCUT2D eigenvalue weighted by Crippen LogP contribution is 2.27. The van der Waals surface area contributed by atoms with E-state index in [0.29, 0.717) is 36.7 Å². The van der Waals surface area contributed by atoms with Crippen LogP contribution in [-0.2, 0) is 14.8 Å². The minimum absolute atomic E-state index is 0.0704. The molecule has 0 unspecified atom stereocenters. The van der Waals surface area contributed by atoms with Crippen molar-refractivity contribution in [3.8, 4) is 5.75 Å². The minimum atomic E-state index is -3.58. The van der Waals surface area contributed by atoms with E-state index in [2.05, 4.69) is 5.32 Å². The molecule has 1 atom stereocenters. The molecule has 29 heavy (non-hydrogen) atoms. The van der Waals surface area contributed by atoms with Crippen LogP contribution in [0.4, 0.5) is 0 Å². The number of nitrogens with one attached hydrogen (secondary N) is 1. The van der Waals surface area contributed by atoms with Gasteiger partial charge in [0.05, 0.1) is 18.0 Å². The monoisotopic (exact) mass is 436 g/mol. The summed E-state index contributed by atoms with van der Waals surface area (Å²) in [5.74, 6) is 0.313. The second kappa shape index (κ2) is 9.15. The van der Waals surface area contributed by atoms with Crippen molar-refractivity contribution in [1.82, 2.24) is 9.62 Å². The summed E-state index contributed by atoms with van der Waals surface area (Å²) in [5.41, 5.74) is 0.863. The first-order valence-electron chi connectivity index (χ1n) is 9.52. The van der Waals surface area contributed by atoms with Crippen molar-refractivity contribution in [2.75, 3.05) is 20.2 Å². The fourth-order valence-electron chi connectivity index (χ4n) is 3.49. The highest BCUT2D eigenvalue weighted by molar-refractivity contribution is 7.89. The van der Waals surface area contributed by atoms with E-state index in [1.165, 1.54) is 23.5 Å². The first-order valence-corrected chi connectivity index (χ1v) is 11.3. The maximum Gasteiger partial charge on any atom is 0.243 e. The predicted octanol–water partition coefficient (Wildman–Crippen LogP) is 3.63. The molecule has 0 radical (unpaired) electrons. The molecule has 1 N–H and O–H groups in total. The van der Waals surface area contributed by atoms with Crippen LogP contribution in [0.3, 0.4) is 0 Å². The van der Waals surface area contributed by atoms with Crippen molar-refractivity contribution < 1.29 is 17.9 Å². The summed E-state index contributed by atoms with van der Waals surface area (Å²) in [4.78, 5) is 12.9. The average Bonchev–Trinajstić information content (AvgIpc) is 2.74. The van der Waals surface area contributed by atoms with Gasteiger partial charge in [-0.1, -0.05) is 29.8 Å². The number of benzene rings is 2. The van der Waals surface area contributed by atoms with E-state index >= 15 is 0 Å². The molecule has 2 aromatic rings. The topological polar surface area (TPSA) is 75.7 Å². The molecule has 3 rings (SSSR count). The van der Waals surface area contributed by atoms with Crippen molar-refractivity contribution in [3.05, 3.63) is 59.1 Å². The van der Waals surface area contributed by atoms with E-state index in [9.17, 15) is 13.2 Å². The lowest BCUT2D eigenvalue weighted by atomic mass is 9.96. The molecule has 6 nitrogen and oxygen atoms in total. The largest absolute Gasteiger partial charge is 0.497 e. The molecule has 0 saturated carbocycles. The van der Waals surface area contributed by atoms with Crippen LogP contribution >= 0.6 is 11.6 Å². The van der Waals surface area contributed by atoms with Crippen LogP contribution in [0, 0.1) is 5.92 Å². The zero-order valence-electron chi connectivity index (χ0n) is 16.5. The van der Waals surface area contributed by atoms with E-state index < -0.39 is 10.0 Å². The van der Waals surface area contributed by atoms with Gasteiger partial charge in [-0.15, -0.1) is 0 Å². The number of halogens is 1. The molecule has 0 aliphatic carbocycles. The number of nitrogens with zero attached hydrogens (tertiary/aromatic N) is 1. The SMILES string of the molecule is COc1ccc(S(=O)(=O)N2CCC(C(=O)N[C@@H](C)c3ccccc3Cl)CC2)cc1. The molecular weight excluding hydrogens is 412 g/mol. The maximum absolute atomic E-state index is 12.8. The summed E-state index contributed by atoms with van der Waals surface area (Å²) in [6.07, 6.45) is 0.965. The van der Waals surface area contributed by atoms with Gasteiger partial charge in [-0.25, -0.2) is 8.42 Å². The van der Waals surface area contributed by atoms with Crippen LogP contribution in [0.15, 0.2) is 53.4 Å². The van der Waals surface area contributed by atoms with E-state index in [0.717, 1.165) is 5.56 Å². The van der Waals surface area contributed by atoms with Crippen LogP contribution in [0.25, 0.3) is 0 Å². The van der Waals surface area contributed by atoms with E-state index in [-0.39, 0.29) is 22.8 Å². The molecule has 1 aliphatic heterocycles. The second-order valence-electron chi connectivity index (χ2n) is 7.11. The Labute approximate surface area is 176 Å². The molecular formula is C21H25ClN2O4S.